The third kappa shape index (κ3) is 3.17. The van der Waals surface area contributed by atoms with E-state index in [4.69, 9.17) is 0 Å². The molecule has 0 unspecified atom stereocenters. The van der Waals surface area contributed by atoms with Crippen LogP contribution in [0.25, 0.3) is 0 Å². The van der Waals surface area contributed by atoms with E-state index in [0.29, 0.717) is 16.5 Å². The summed E-state index contributed by atoms with van der Waals surface area (Å²) in [6.07, 6.45) is 9.80. The number of hydrogen-bond acceptors (Lipinski definition) is 2. The molecule has 0 radical (unpaired) electrons. The first-order valence-electron chi connectivity index (χ1n) is 10.5. The van der Waals surface area contributed by atoms with Gasteiger partial charge < -0.3 is 0 Å². The maximum atomic E-state index is 2.79. The summed E-state index contributed by atoms with van der Waals surface area (Å²) < 4.78 is 0. The van der Waals surface area contributed by atoms with Crippen molar-refractivity contribution >= 4 is 0 Å². The van der Waals surface area contributed by atoms with Gasteiger partial charge in [-0.3, -0.25) is 9.80 Å². The second kappa shape index (κ2) is 6.39. The molecule has 3 fully saturated rings. The first-order valence-corrected chi connectivity index (χ1v) is 10.5. The Labute approximate surface area is 154 Å². The van der Waals surface area contributed by atoms with Crippen LogP contribution in [0.3, 0.4) is 0 Å². The van der Waals surface area contributed by atoms with Crippen LogP contribution in [0.1, 0.15) is 71.3 Å². The Kier molecular flexibility index (Phi) is 4.48. The largest absolute Gasteiger partial charge is 0.298 e. The number of rotatable bonds is 2. The van der Waals surface area contributed by atoms with Crippen LogP contribution >= 0.6 is 0 Å². The second-order valence-corrected chi connectivity index (χ2v) is 9.90. The molecule has 1 aliphatic carbocycles. The van der Waals surface area contributed by atoms with Crippen LogP contribution in [0, 0.1) is 5.41 Å². The van der Waals surface area contributed by atoms with Crippen LogP contribution in [0.2, 0.25) is 0 Å². The van der Waals surface area contributed by atoms with Gasteiger partial charge in [0, 0.05) is 24.2 Å². The summed E-state index contributed by atoms with van der Waals surface area (Å²) in [6.45, 7) is 12.3. The van der Waals surface area contributed by atoms with Gasteiger partial charge in [-0.15, -0.1) is 0 Å². The van der Waals surface area contributed by atoms with Crippen molar-refractivity contribution in [2.24, 2.45) is 5.41 Å². The second-order valence-electron chi connectivity index (χ2n) is 9.90. The first kappa shape index (κ1) is 17.5. The predicted molar refractivity (Wildman–Crippen MR) is 106 cm³/mol. The van der Waals surface area contributed by atoms with Gasteiger partial charge in [0.15, 0.2) is 0 Å². The Morgan fingerprint density at radius 1 is 0.760 bits per heavy atom. The van der Waals surface area contributed by atoms with Crippen molar-refractivity contribution in [3.63, 3.8) is 0 Å². The minimum absolute atomic E-state index is 0.335. The SMILES string of the molecule is CC(C)(C)N1CCC2(CC1)CCC(c1ccccc1)(N1CCC1)CC2. The van der Waals surface area contributed by atoms with Crippen LogP contribution < -0.4 is 0 Å². The monoisotopic (exact) mass is 340 g/mol. The van der Waals surface area contributed by atoms with Gasteiger partial charge in [-0.2, -0.15) is 0 Å². The smallest absolute Gasteiger partial charge is 0.0461 e. The molecule has 2 saturated heterocycles. The highest BCUT2D eigenvalue weighted by atomic mass is 15.2. The highest BCUT2D eigenvalue weighted by Crippen LogP contribution is 2.54. The van der Waals surface area contributed by atoms with Crippen LogP contribution in [-0.4, -0.2) is 41.5 Å². The van der Waals surface area contributed by atoms with E-state index in [-0.39, 0.29) is 0 Å². The molecule has 0 aromatic heterocycles. The van der Waals surface area contributed by atoms with E-state index in [0.717, 1.165) is 0 Å². The molecule has 25 heavy (non-hydrogen) atoms. The molecule has 2 aliphatic heterocycles. The number of hydrogen-bond donors (Lipinski definition) is 0. The number of benzene rings is 1. The third-order valence-electron chi connectivity index (χ3n) is 7.68. The molecule has 0 atom stereocenters. The van der Waals surface area contributed by atoms with E-state index >= 15 is 0 Å². The lowest BCUT2D eigenvalue weighted by molar-refractivity contribution is -0.0567. The lowest BCUT2D eigenvalue weighted by Gasteiger charge is -2.57. The molecule has 1 saturated carbocycles. The van der Waals surface area contributed by atoms with E-state index in [2.05, 4.69) is 60.9 Å². The Bertz CT molecular complexity index is 564. The highest BCUT2D eigenvalue weighted by molar-refractivity contribution is 5.26. The Hall–Kier alpha value is -0.860. The molecule has 2 heteroatoms. The van der Waals surface area contributed by atoms with E-state index in [1.54, 1.807) is 5.56 Å². The first-order chi connectivity index (χ1) is 11.9. The summed E-state index contributed by atoms with van der Waals surface area (Å²) in [7, 11) is 0. The number of likely N-dealkylation sites (tertiary alicyclic amines) is 2. The molecule has 1 aromatic rings. The summed E-state index contributed by atoms with van der Waals surface area (Å²) in [5.41, 5.74) is 2.88. The van der Waals surface area contributed by atoms with Crippen LogP contribution in [-0.2, 0) is 5.54 Å². The molecular formula is C23H36N2. The van der Waals surface area contributed by atoms with E-state index in [1.807, 2.05) is 0 Å². The molecule has 2 heterocycles. The normalized spacial score (nSPS) is 27.2. The highest BCUT2D eigenvalue weighted by Gasteiger charge is 2.49. The topological polar surface area (TPSA) is 6.48 Å². The predicted octanol–water partition coefficient (Wildman–Crippen LogP) is 5.04. The number of nitrogens with zero attached hydrogens (tertiary/aromatic N) is 2. The summed E-state index contributed by atoms with van der Waals surface area (Å²) in [4.78, 5) is 5.49. The fraction of sp³-hybridized carbons (Fsp3) is 0.739. The van der Waals surface area contributed by atoms with Crippen LogP contribution in [0.5, 0.6) is 0 Å². The van der Waals surface area contributed by atoms with Crippen LogP contribution in [0.15, 0.2) is 30.3 Å². The summed E-state index contributed by atoms with van der Waals surface area (Å²) in [5.74, 6) is 0. The van der Waals surface area contributed by atoms with Crippen molar-refractivity contribution in [2.45, 2.75) is 76.8 Å². The van der Waals surface area contributed by atoms with Gasteiger partial charge in [0.25, 0.3) is 0 Å². The number of piperidine rings is 1. The molecule has 1 spiro atoms. The van der Waals surface area contributed by atoms with Gasteiger partial charge >= 0.3 is 0 Å². The molecule has 4 rings (SSSR count). The van der Waals surface area contributed by atoms with E-state index in [9.17, 15) is 0 Å². The van der Waals surface area contributed by atoms with Gasteiger partial charge in [-0.05, 0) is 89.8 Å². The zero-order chi connectivity index (χ0) is 17.5. The quantitative estimate of drug-likeness (QED) is 0.744. The summed E-state index contributed by atoms with van der Waals surface area (Å²) in [5, 5.41) is 0. The zero-order valence-electron chi connectivity index (χ0n) is 16.6. The van der Waals surface area contributed by atoms with Crippen molar-refractivity contribution in [1.82, 2.24) is 9.80 Å². The van der Waals surface area contributed by atoms with Gasteiger partial charge in [0.2, 0.25) is 0 Å². The van der Waals surface area contributed by atoms with Crippen molar-refractivity contribution < 1.29 is 0 Å². The molecule has 3 aliphatic rings. The third-order valence-corrected chi connectivity index (χ3v) is 7.68. The van der Waals surface area contributed by atoms with Crippen molar-refractivity contribution in [3.05, 3.63) is 35.9 Å². The lowest BCUT2D eigenvalue weighted by Crippen LogP contribution is -2.57. The van der Waals surface area contributed by atoms with E-state index < -0.39 is 0 Å². The lowest BCUT2D eigenvalue weighted by atomic mass is 9.60. The van der Waals surface area contributed by atoms with Gasteiger partial charge in [0.05, 0.1) is 0 Å². The Balaban J connectivity index is 1.48. The average Bonchev–Trinajstić information content (AvgIpc) is 2.56. The molecule has 0 bridgehead atoms. The Morgan fingerprint density at radius 2 is 1.36 bits per heavy atom. The van der Waals surface area contributed by atoms with Crippen molar-refractivity contribution in [1.29, 1.82) is 0 Å². The molecule has 0 N–H and O–H groups in total. The standard InChI is InChI=1S/C23H36N2/c1-21(2,3)24-18-14-22(15-19-24)10-12-23(13-11-22,25-16-7-17-25)20-8-5-4-6-9-20/h4-6,8-9H,7,10-19H2,1-3H3. The molecule has 1 aromatic carbocycles. The molecule has 2 nitrogen and oxygen atoms in total. The van der Waals surface area contributed by atoms with Crippen molar-refractivity contribution in [2.75, 3.05) is 26.2 Å². The summed E-state index contributed by atoms with van der Waals surface area (Å²) >= 11 is 0. The Morgan fingerprint density at radius 3 is 1.84 bits per heavy atom. The zero-order valence-corrected chi connectivity index (χ0v) is 16.6. The van der Waals surface area contributed by atoms with Crippen molar-refractivity contribution in [3.8, 4) is 0 Å². The fourth-order valence-corrected chi connectivity index (χ4v) is 5.63. The molecule has 0 amide bonds. The van der Waals surface area contributed by atoms with Gasteiger partial charge in [-0.25, -0.2) is 0 Å². The van der Waals surface area contributed by atoms with Gasteiger partial charge in [-0.1, -0.05) is 30.3 Å². The maximum Gasteiger partial charge on any atom is 0.0461 e. The molecule has 138 valence electrons. The minimum atomic E-state index is 0.335. The average molecular weight is 341 g/mol. The fourth-order valence-electron chi connectivity index (χ4n) is 5.63. The molecular weight excluding hydrogens is 304 g/mol. The van der Waals surface area contributed by atoms with Crippen LogP contribution in [0.4, 0.5) is 0 Å². The van der Waals surface area contributed by atoms with Gasteiger partial charge in [0.1, 0.15) is 0 Å². The summed E-state index contributed by atoms with van der Waals surface area (Å²) in [6, 6.07) is 11.4. The van der Waals surface area contributed by atoms with E-state index in [1.165, 1.54) is 71.1 Å². The minimum Gasteiger partial charge on any atom is -0.298 e. The maximum absolute atomic E-state index is 2.79.